The average molecular weight is 359 g/mol. The van der Waals surface area contributed by atoms with Crippen LogP contribution in [0.25, 0.3) is 0 Å². The highest BCUT2D eigenvalue weighted by molar-refractivity contribution is 7.97. The van der Waals surface area contributed by atoms with Crippen LogP contribution in [0.15, 0.2) is 28.8 Å². The molecule has 25 heavy (non-hydrogen) atoms. The van der Waals surface area contributed by atoms with Crippen LogP contribution in [0.1, 0.15) is 29.3 Å². The van der Waals surface area contributed by atoms with Gasteiger partial charge >= 0.3 is 0 Å². The Kier molecular flexibility index (Phi) is 5.39. The van der Waals surface area contributed by atoms with E-state index in [0.29, 0.717) is 6.04 Å². The van der Waals surface area contributed by atoms with Gasteiger partial charge in [-0.05, 0) is 36.6 Å². The van der Waals surface area contributed by atoms with E-state index in [1.807, 2.05) is 0 Å². The maximum Gasteiger partial charge on any atom is 0.240 e. The van der Waals surface area contributed by atoms with Gasteiger partial charge in [-0.25, -0.2) is 0 Å². The fourth-order valence-corrected chi connectivity index (χ4v) is 4.39. The lowest BCUT2D eigenvalue weighted by atomic mass is 9.87. The molecule has 2 aromatic rings. The Bertz CT molecular complexity index is 696. The van der Waals surface area contributed by atoms with Gasteiger partial charge in [-0.3, -0.25) is 9.80 Å². The third-order valence-corrected chi connectivity index (χ3v) is 5.93. The highest BCUT2D eigenvalue weighted by Gasteiger charge is 2.27. The number of benzene rings is 1. The molecule has 2 aliphatic rings. The fourth-order valence-electron chi connectivity index (χ4n) is 4.01. The molecule has 0 N–H and O–H groups in total. The number of nitrogens with zero attached hydrogens (tertiary/aromatic N) is 4. The molecule has 0 unspecified atom stereocenters. The van der Waals surface area contributed by atoms with Crippen LogP contribution in [0.2, 0.25) is 0 Å². The Balaban J connectivity index is 1.28. The maximum absolute atomic E-state index is 5.37. The van der Waals surface area contributed by atoms with E-state index in [9.17, 15) is 0 Å². The van der Waals surface area contributed by atoms with Crippen molar-refractivity contribution in [1.29, 1.82) is 0 Å². The predicted octanol–water partition coefficient (Wildman–Crippen LogP) is 2.61. The van der Waals surface area contributed by atoms with Crippen molar-refractivity contribution in [3.8, 4) is 0 Å². The van der Waals surface area contributed by atoms with Crippen LogP contribution in [0.5, 0.6) is 0 Å². The molecular weight excluding hydrogens is 332 g/mol. The van der Waals surface area contributed by atoms with Crippen molar-refractivity contribution in [1.82, 2.24) is 19.9 Å². The van der Waals surface area contributed by atoms with Crippen molar-refractivity contribution < 1.29 is 4.52 Å². The number of piperazine rings is 1. The second kappa shape index (κ2) is 7.89. The topological polar surface area (TPSA) is 45.4 Å². The molecule has 4 rings (SSSR count). The van der Waals surface area contributed by atoms with Gasteiger partial charge < -0.3 is 4.52 Å². The number of thioether (sulfide) groups is 1. The molecule has 0 bridgehead atoms. The normalized spacial score (nSPS) is 22.0. The van der Waals surface area contributed by atoms with Gasteiger partial charge in [0.15, 0.2) is 5.82 Å². The van der Waals surface area contributed by atoms with Gasteiger partial charge in [-0.2, -0.15) is 16.7 Å². The van der Waals surface area contributed by atoms with Gasteiger partial charge in [0.25, 0.3) is 0 Å². The summed E-state index contributed by atoms with van der Waals surface area (Å²) < 4.78 is 5.37. The molecule has 6 heteroatoms. The molecule has 0 spiro atoms. The summed E-state index contributed by atoms with van der Waals surface area (Å²) >= 11 is 1.72. The van der Waals surface area contributed by atoms with Crippen molar-refractivity contribution in [2.45, 2.75) is 37.6 Å². The lowest BCUT2D eigenvalue weighted by molar-refractivity contribution is 0.0795. The van der Waals surface area contributed by atoms with Crippen LogP contribution < -0.4 is 0 Å². The average Bonchev–Trinajstić information content (AvgIpc) is 3.09. The van der Waals surface area contributed by atoms with Crippen LogP contribution in [0, 0.1) is 0 Å². The summed E-state index contributed by atoms with van der Waals surface area (Å²) in [5.74, 6) is 2.38. The minimum atomic E-state index is 0.702. The lowest BCUT2D eigenvalue weighted by Crippen LogP contribution is -2.51. The maximum atomic E-state index is 5.37. The van der Waals surface area contributed by atoms with Gasteiger partial charge in [-0.1, -0.05) is 29.4 Å². The van der Waals surface area contributed by atoms with E-state index in [0.717, 1.165) is 50.2 Å². The van der Waals surface area contributed by atoms with Crippen molar-refractivity contribution in [2.24, 2.45) is 0 Å². The minimum Gasteiger partial charge on any atom is -0.338 e. The van der Waals surface area contributed by atoms with Crippen molar-refractivity contribution in [2.75, 3.05) is 32.4 Å². The second-order valence-electron chi connectivity index (χ2n) is 7.01. The largest absolute Gasteiger partial charge is 0.338 e. The zero-order valence-corrected chi connectivity index (χ0v) is 15.7. The first-order chi connectivity index (χ1) is 12.3. The lowest BCUT2D eigenvalue weighted by Gasteiger charge is -2.40. The third-order valence-electron chi connectivity index (χ3n) is 5.39. The van der Waals surface area contributed by atoms with Gasteiger partial charge in [0, 0.05) is 32.2 Å². The minimum absolute atomic E-state index is 0.702. The quantitative estimate of drug-likeness (QED) is 0.819. The van der Waals surface area contributed by atoms with E-state index in [1.165, 1.54) is 19.3 Å². The first kappa shape index (κ1) is 17.1. The molecule has 1 aromatic carbocycles. The number of fused-ring (bicyclic) bond motifs is 1. The number of aryl methyl sites for hydroxylation is 1. The van der Waals surface area contributed by atoms with Crippen LogP contribution in [0.4, 0.5) is 0 Å². The Hall–Kier alpha value is -1.37. The first-order valence-corrected chi connectivity index (χ1v) is 10.5. The molecule has 1 atom stereocenters. The molecule has 0 saturated carbocycles. The Labute approximate surface area is 153 Å². The monoisotopic (exact) mass is 358 g/mol. The summed E-state index contributed by atoms with van der Waals surface area (Å²) in [6.45, 7) is 5.22. The van der Waals surface area contributed by atoms with Crippen LogP contribution in [0.3, 0.4) is 0 Å². The molecule has 1 aliphatic heterocycles. The van der Waals surface area contributed by atoms with E-state index in [-0.39, 0.29) is 0 Å². The van der Waals surface area contributed by atoms with Gasteiger partial charge in [0.1, 0.15) is 0 Å². The zero-order chi connectivity index (χ0) is 17.1. The van der Waals surface area contributed by atoms with E-state index in [2.05, 4.69) is 50.5 Å². The molecule has 1 aromatic heterocycles. The third kappa shape index (κ3) is 4.07. The Morgan fingerprint density at radius 3 is 2.76 bits per heavy atom. The first-order valence-electron chi connectivity index (χ1n) is 9.15. The summed E-state index contributed by atoms with van der Waals surface area (Å²) in [6, 6.07) is 9.64. The van der Waals surface area contributed by atoms with Gasteiger partial charge in [0.05, 0.1) is 12.3 Å². The number of aromatic nitrogens is 2. The van der Waals surface area contributed by atoms with Crippen molar-refractivity contribution >= 4 is 11.8 Å². The van der Waals surface area contributed by atoms with Crippen molar-refractivity contribution in [3.05, 3.63) is 47.1 Å². The fraction of sp³-hybridized carbons (Fsp3) is 0.579. The standard InChI is InChI=1S/C19H26N4OS/c1-25-14-18-20-19(24-21-18)13-22-8-10-23(11-9-22)17-7-6-15-4-2-3-5-16(15)12-17/h2-5,17H,6-14H2,1H3/t17-/m0/s1. The number of rotatable bonds is 5. The summed E-state index contributed by atoms with van der Waals surface area (Å²) in [4.78, 5) is 9.59. The Morgan fingerprint density at radius 2 is 1.96 bits per heavy atom. The summed E-state index contributed by atoms with van der Waals surface area (Å²) in [5.41, 5.74) is 3.10. The SMILES string of the molecule is CSCc1noc(CN2CCN([C@H]3CCc4ccccc4C3)CC2)n1. The second-order valence-corrected chi connectivity index (χ2v) is 7.88. The van der Waals surface area contributed by atoms with E-state index >= 15 is 0 Å². The highest BCUT2D eigenvalue weighted by Crippen LogP contribution is 2.25. The molecule has 134 valence electrons. The zero-order valence-electron chi connectivity index (χ0n) is 14.9. The molecule has 1 saturated heterocycles. The van der Waals surface area contributed by atoms with Crippen molar-refractivity contribution in [3.63, 3.8) is 0 Å². The van der Waals surface area contributed by atoms with Gasteiger partial charge in [-0.15, -0.1) is 0 Å². The summed E-state index contributed by atoms with van der Waals surface area (Å²) in [7, 11) is 0. The molecule has 0 amide bonds. The highest BCUT2D eigenvalue weighted by atomic mass is 32.2. The molecule has 5 nitrogen and oxygen atoms in total. The number of hydrogen-bond acceptors (Lipinski definition) is 6. The van der Waals surface area contributed by atoms with Crippen LogP contribution in [-0.4, -0.2) is 58.4 Å². The number of hydrogen-bond donors (Lipinski definition) is 0. The van der Waals surface area contributed by atoms with E-state index in [4.69, 9.17) is 4.52 Å². The molecular formula is C19H26N4OS. The van der Waals surface area contributed by atoms with E-state index in [1.54, 1.807) is 22.9 Å². The predicted molar refractivity (Wildman–Crippen MR) is 101 cm³/mol. The smallest absolute Gasteiger partial charge is 0.240 e. The van der Waals surface area contributed by atoms with Crippen LogP contribution in [-0.2, 0) is 25.1 Å². The molecule has 2 heterocycles. The molecule has 0 radical (unpaired) electrons. The molecule has 1 aliphatic carbocycles. The summed E-state index contributed by atoms with van der Waals surface area (Å²) in [6.07, 6.45) is 5.77. The summed E-state index contributed by atoms with van der Waals surface area (Å²) in [5, 5.41) is 4.04. The van der Waals surface area contributed by atoms with Crippen LogP contribution >= 0.6 is 11.8 Å². The Morgan fingerprint density at radius 1 is 1.16 bits per heavy atom. The van der Waals surface area contributed by atoms with Gasteiger partial charge in [0.2, 0.25) is 5.89 Å². The molecule has 1 fully saturated rings. The van der Waals surface area contributed by atoms with E-state index < -0.39 is 0 Å².